The van der Waals surface area contributed by atoms with Crippen molar-refractivity contribution in [1.82, 2.24) is 5.32 Å². The van der Waals surface area contributed by atoms with Crippen molar-refractivity contribution < 1.29 is 13.2 Å². The summed E-state index contributed by atoms with van der Waals surface area (Å²) in [6.45, 7) is 6.88. The Bertz CT molecular complexity index is 562. The molecule has 0 saturated carbocycles. The van der Waals surface area contributed by atoms with Gasteiger partial charge < -0.3 is 10.1 Å². The fourth-order valence-corrected chi connectivity index (χ4v) is 3.33. The number of hydrogen-bond acceptors (Lipinski definition) is 4. The second kappa shape index (κ2) is 6.46. The van der Waals surface area contributed by atoms with Gasteiger partial charge in [0.25, 0.3) is 0 Å². The fraction of sp³-hybridized carbons (Fsp3) is 0.625. The zero-order valence-corrected chi connectivity index (χ0v) is 13.9. The summed E-state index contributed by atoms with van der Waals surface area (Å²) < 4.78 is 29.1. The molecule has 118 valence electrons. The van der Waals surface area contributed by atoms with E-state index >= 15 is 0 Å². The molecule has 1 atom stereocenters. The first-order valence-corrected chi connectivity index (χ1v) is 9.42. The van der Waals surface area contributed by atoms with Gasteiger partial charge in [0.15, 0.2) is 9.84 Å². The minimum atomic E-state index is -3.14. The number of sulfone groups is 1. The van der Waals surface area contributed by atoms with E-state index < -0.39 is 9.84 Å². The highest BCUT2D eigenvalue weighted by atomic mass is 32.2. The molecule has 1 N–H and O–H groups in total. The Morgan fingerprint density at radius 2 is 1.86 bits per heavy atom. The number of benzene rings is 1. The van der Waals surface area contributed by atoms with E-state index in [1.54, 1.807) is 12.1 Å². The molecule has 1 aromatic rings. The molecule has 21 heavy (non-hydrogen) atoms. The maximum atomic E-state index is 11.5. The van der Waals surface area contributed by atoms with E-state index in [0.717, 1.165) is 38.1 Å². The van der Waals surface area contributed by atoms with Crippen molar-refractivity contribution in [2.24, 2.45) is 5.41 Å². The Morgan fingerprint density at radius 3 is 2.38 bits per heavy atom. The molecule has 0 aromatic heterocycles. The van der Waals surface area contributed by atoms with Crippen LogP contribution in [0.1, 0.15) is 38.4 Å². The molecule has 0 bridgehead atoms. The summed E-state index contributed by atoms with van der Waals surface area (Å²) in [4.78, 5) is 0.351. The third kappa shape index (κ3) is 3.84. The Labute approximate surface area is 127 Å². The standard InChI is InChI=1S/C16H25NO3S/c1-4-16(5-2)11-17-10-15(20-12-16)13-6-8-14(9-7-13)21(3,18)19/h6-9,15,17H,4-5,10-12H2,1-3H3. The molecule has 1 aliphatic rings. The van der Waals surface area contributed by atoms with Crippen LogP contribution in [0.2, 0.25) is 0 Å². The van der Waals surface area contributed by atoms with Crippen molar-refractivity contribution in [2.45, 2.75) is 37.7 Å². The molecular weight excluding hydrogens is 286 g/mol. The van der Waals surface area contributed by atoms with Crippen molar-refractivity contribution in [3.05, 3.63) is 29.8 Å². The molecule has 0 aliphatic carbocycles. The molecule has 0 radical (unpaired) electrons. The van der Waals surface area contributed by atoms with Gasteiger partial charge in [-0.05, 0) is 30.5 Å². The minimum Gasteiger partial charge on any atom is -0.372 e. The van der Waals surface area contributed by atoms with E-state index in [2.05, 4.69) is 19.2 Å². The van der Waals surface area contributed by atoms with Crippen molar-refractivity contribution in [2.75, 3.05) is 26.0 Å². The second-order valence-electron chi connectivity index (χ2n) is 5.98. The Kier molecular flexibility index (Phi) is 5.07. The molecule has 1 fully saturated rings. The van der Waals surface area contributed by atoms with Crippen LogP contribution in [0.25, 0.3) is 0 Å². The summed E-state index contributed by atoms with van der Waals surface area (Å²) >= 11 is 0. The first-order chi connectivity index (χ1) is 9.90. The van der Waals surface area contributed by atoms with Crippen molar-refractivity contribution >= 4 is 9.84 Å². The molecule has 5 heteroatoms. The zero-order chi connectivity index (χ0) is 15.5. The lowest BCUT2D eigenvalue weighted by Crippen LogP contribution is -2.34. The van der Waals surface area contributed by atoms with Crippen LogP contribution in [0.15, 0.2) is 29.2 Å². The van der Waals surface area contributed by atoms with E-state index in [9.17, 15) is 8.42 Å². The van der Waals surface area contributed by atoms with Crippen LogP contribution in [0.5, 0.6) is 0 Å². The van der Waals surface area contributed by atoms with Gasteiger partial charge in [-0.2, -0.15) is 0 Å². The molecule has 1 aliphatic heterocycles. The van der Waals surface area contributed by atoms with Crippen LogP contribution in [0.3, 0.4) is 0 Å². The van der Waals surface area contributed by atoms with Gasteiger partial charge in [-0.3, -0.25) is 0 Å². The average molecular weight is 311 g/mol. The van der Waals surface area contributed by atoms with Gasteiger partial charge in [-0.15, -0.1) is 0 Å². The number of ether oxygens (including phenoxy) is 1. The highest BCUT2D eigenvalue weighted by Crippen LogP contribution is 2.31. The maximum absolute atomic E-state index is 11.5. The summed E-state index contributed by atoms with van der Waals surface area (Å²) in [7, 11) is -3.14. The predicted molar refractivity (Wildman–Crippen MR) is 84.1 cm³/mol. The maximum Gasteiger partial charge on any atom is 0.175 e. The topological polar surface area (TPSA) is 55.4 Å². The van der Waals surface area contributed by atoms with E-state index in [1.165, 1.54) is 6.26 Å². The molecule has 2 rings (SSSR count). The molecule has 1 aromatic carbocycles. The predicted octanol–water partition coefficient (Wildman–Crippen LogP) is 2.56. The summed E-state index contributed by atoms with van der Waals surface area (Å²) in [5, 5.41) is 3.49. The lowest BCUT2D eigenvalue weighted by Gasteiger charge is -2.29. The van der Waals surface area contributed by atoms with Crippen LogP contribution in [-0.2, 0) is 14.6 Å². The Balaban J connectivity index is 2.13. The van der Waals surface area contributed by atoms with Gasteiger partial charge in [-0.1, -0.05) is 26.0 Å². The normalized spacial score (nSPS) is 22.7. The summed E-state index contributed by atoms with van der Waals surface area (Å²) in [6.07, 6.45) is 3.40. The summed E-state index contributed by atoms with van der Waals surface area (Å²) in [6, 6.07) is 7.03. The fourth-order valence-electron chi connectivity index (χ4n) is 2.70. The van der Waals surface area contributed by atoms with E-state index in [4.69, 9.17) is 4.74 Å². The lowest BCUT2D eigenvalue weighted by atomic mass is 9.83. The van der Waals surface area contributed by atoms with Crippen LogP contribution >= 0.6 is 0 Å². The van der Waals surface area contributed by atoms with Crippen molar-refractivity contribution in [3.63, 3.8) is 0 Å². The molecular formula is C16H25NO3S. The van der Waals surface area contributed by atoms with Gasteiger partial charge in [-0.25, -0.2) is 8.42 Å². The molecule has 1 saturated heterocycles. The number of rotatable bonds is 4. The zero-order valence-electron chi connectivity index (χ0n) is 13.1. The van der Waals surface area contributed by atoms with Crippen LogP contribution in [-0.4, -0.2) is 34.4 Å². The monoisotopic (exact) mass is 311 g/mol. The Morgan fingerprint density at radius 1 is 1.24 bits per heavy atom. The lowest BCUT2D eigenvalue weighted by molar-refractivity contribution is 0.0103. The van der Waals surface area contributed by atoms with Gasteiger partial charge in [0.2, 0.25) is 0 Å². The number of hydrogen-bond donors (Lipinski definition) is 1. The van der Waals surface area contributed by atoms with E-state index in [1.807, 2.05) is 12.1 Å². The number of nitrogens with one attached hydrogen (secondary N) is 1. The summed E-state index contributed by atoms with van der Waals surface area (Å²) in [5.41, 5.74) is 1.24. The van der Waals surface area contributed by atoms with E-state index in [0.29, 0.717) is 4.90 Å². The van der Waals surface area contributed by atoms with Gasteiger partial charge in [0.1, 0.15) is 0 Å². The van der Waals surface area contributed by atoms with Gasteiger partial charge >= 0.3 is 0 Å². The molecule has 4 nitrogen and oxygen atoms in total. The van der Waals surface area contributed by atoms with Gasteiger partial charge in [0, 0.05) is 24.8 Å². The van der Waals surface area contributed by atoms with Crippen molar-refractivity contribution in [1.29, 1.82) is 0 Å². The first-order valence-electron chi connectivity index (χ1n) is 7.52. The van der Waals surface area contributed by atoms with E-state index in [-0.39, 0.29) is 11.5 Å². The third-order valence-electron chi connectivity index (χ3n) is 4.60. The van der Waals surface area contributed by atoms with Crippen LogP contribution < -0.4 is 5.32 Å². The van der Waals surface area contributed by atoms with Crippen molar-refractivity contribution in [3.8, 4) is 0 Å². The molecule has 0 amide bonds. The average Bonchev–Trinajstić information content (AvgIpc) is 2.69. The minimum absolute atomic E-state index is 0.0152. The largest absolute Gasteiger partial charge is 0.372 e. The highest BCUT2D eigenvalue weighted by Gasteiger charge is 2.31. The highest BCUT2D eigenvalue weighted by molar-refractivity contribution is 7.90. The Hall–Kier alpha value is -0.910. The summed E-state index contributed by atoms with van der Waals surface area (Å²) in [5.74, 6) is 0. The molecule has 1 heterocycles. The first kappa shape index (κ1) is 16.5. The smallest absolute Gasteiger partial charge is 0.175 e. The van der Waals surface area contributed by atoms with Crippen LogP contribution in [0, 0.1) is 5.41 Å². The SMILES string of the molecule is CCC1(CC)CNCC(c2ccc(S(C)(=O)=O)cc2)OC1. The quantitative estimate of drug-likeness (QED) is 0.928. The molecule has 1 unspecified atom stereocenters. The second-order valence-corrected chi connectivity index (χ2v) is 7.99. The third-order valence-corrected chi connectivity index (χ3v) is 5.73. The van der Waals surface area contributed by atoms with Gasteiger partial charge in [0.05, 0.1) is 17.6 Å². The molecule has 0 spiro atoms. The van der Waals surface area contributed by atoms with Crippen LogP contribution in [0.4, 0.5) is 0 Å².